The summed E-state index contributed by atoms with van der Waals surface area (Å²) in [5, 5.41) is 5.35. The number of hydrogen-bond donors (Lipinski definition) is 1. The van der Waals surface area contributed by atoms with E-state index < -0.39 is 11.8 Å². The number of urea groups is 1. The number of hydrogen-bond acceptors (Lipinski definition) is 3. The number of carbonyl (C=O) groups excluding carboxylic acids is 1. The van der Waals surface area contributed by atoms with Crippen LogP contribution < -0.4 is 5.32 Å². The molecule has 0 fully saturated rings. The van der Waals surface area contributed by atoms with E-state index in [1.807, 2.05) is 0 Å². The first-order valence-corrected chi connectivity index (χ1v) is 3.77. The summed E-state index contributed by atoms with van der Waals surface area (Å²) in [6.07, 6.45) is 0. The summed E-state index contributed by atoms with van der Waals surface area (Å²) in [6, 6.07) is 4.48. The van der Waals surface area contributed by atoms with Crippen molar-refractivity contribution in [1.29, 1.82) is 0 Å². The molecule has 1 aromatic rings. The van der Waals surface area contributed by atoms with Crippen molar-refractivity contribution < 1.29 is 9.18 Å². The molecule has 0 aliphatic carbocycles. The Hall–Kier alpha value is -1.98. The Labute approximate surface area is 79.5 Å². The fraction of sp³-hybridized carbons (Fsp3) is 0.125. The zero-order chi connectivity index (χ0) is 10.6. The van der Waals surface area contributed by atoms with Gasteiger partial charge in [-0.15, -0.1) is 4.91 Å². The van der Waals surface area contributed by atoms with E-state index in [1.54, 1.807) is 0 Å². The lowest BCUT2D eigenvalue weighted by atomic mass is 10.3. The molecule has 0 aromatic heterocycles. The minimum atomic E-state index is -0.674. The Morgan fingerprint density at radius 3 is 2.50 bits per heavy atom. The molecule has 6 heteroatoms. The Morgan fingerprint density at radius 1 is 1.43 bits per heavy atom. The molecule has 74 valence electrons. The number of carbonyl (C=O) groups is 1. The average Bonchev–Trinajstić information content (AvgIpc) is 2.20. The Morgan fingerprint density at radius 2 is 2.00 bits per heavy atom. The topological polar surface area (TPSA) is 61.8 Å². The highest BCUT2D eigenvalue weighted by Gasteiger charge is 2.07. The monoisotopic (exact) mass is 197 g/mol. The van der Waals surface area contributed by atoms with E-state index in [-0.39, 0.29) is 0 Å². The van der Waals surface area contributed by atoms with Crippen molar-refractivity contribution in [3.05, 3.63) is 35.0 Å². The number of nitroso groups, excluding NO2 is 1. The molecule has 0 radical (unpaired) electrons. The van der Waals surface area contributed by atoms with Gasteiger partial charge in [-0.3, -0.25) is 0 Å². The molecule has 14 heavy (non-hydrogen) atoms. The van der Waals surface area contributed by atoms with Crippen LogP contribution >= 0.6 is 0 Å². The van der Waals surface area contributed by atoms with E-state index in [4.69, 9.17) is 0 Å². The molecular weight excluding hydrogens is 189 g/mol. The van der Waals surface area contributed by atoms with Gasteiger partial charge in [0.15, 0.2) is 0 Å². The Balaban J connectivity index is 2.65. The third-order valence-electron chi connectivity index (χ3n) is 1.51. The summed E-state index contributed by atoms with van der Waals surface area (Å²) < 4.78 is 12.5. The predicted molar refractivity (Wildman–Crippen MR) is 49.0 cm³/mol. The van der Waals surface area contributed by atoms with Crippen molar-refractivity contribution in [3.8, 4) is 0 Å². The van der Waals surface area contributed by atoms with Crippen molar-refractivity contribution >= 4 is 11.7 Å². The number of nitrogens with one attached hydrogen (secondary N) is 1. The average molecular weight is 197 g/mol. The van der Waals surface area contributed by atoms with Crippen molar-refractivity contribution in [1.82, 2.24) is 5.01 Å². The molecule has 2 amide bonds. The van der Waals surface area contributed by atoms with Crippen LogP contribution in [0.4, 0.5) is 14.9 Å². The molecule has 0 unspecified atom stereocenters. The first kappa shape index (κ1) is 10.1. The van der Waals surface area contributed by atoms with Gasteiger partial charge in [0.05, 0.1) is 5.29 Å². The number of benzene rings is 1. The first-order valence-electron chi connectivity index (χ1n) is 3.77. The zero-order valence-electron chi connectivity index (χ0n) is 7.40. The highest BCUT2D eigenvalue weighted by molar-refractivity contribution is 5.88. The zero-order valence-corrected chi connectivity index (χ0v) is 7.40. The molecule has 1 N–H and O–H groups in total. The van der Waals surface area contributed by atoms with Gasteiger partial charge in [-0.1, -0.05) is 0 Å². The largest absolute Gasteiger partial charge is 0.344 e. The second-order valence-electron chi connectivity index (χ2n) is 2.54. The lowest BCUT2D eigenvalue weighted by Gasteiger charge is -2.08. The number of nitrogens with zero attached hydrogens (tertiary/aromatic N) is 2. The number of halogens is 1. The second kappa shape index (κ2) is 4.31. The highest BCUT2D eigenvalue weighted by atomic mass is 19.1. The van der Waals surface area contributed by atoms with Gasteiger partial charge in [-0.25, -0.2) is 9.18 Å². The molecule has 1 rings (SSSR count). The molecule has 0 aliphatic rings. The number of anilines is 1. The maximum Gasteiger partial charge on any atom is 0.344 e. The van der Waals surface area contributed by atoms with Gasteiger partial charge >= 0.3 is 6.03 Å². The van der Waals surface area contributed by atoms with Gasteiger partial charge in [0.1, 0.15) is 5.82 Å². The van der Waals surface area contributed by atoms with Crippen molar-refractivity contribution in [2.24, 2.45) is 5.29 Å². The van der Waals surface area contributed by atoms with Crippen LogP contribution in [0.3, 0.4) is 0 Å². The van der Waals surface area contributed by atoms with Crippen molar-refractivity contribution in [2.75, 3.05) is 12.4 Å². The summed E-state index contributed by atoms with van der Waals surface area (Å²) in [5.74, 6) is -0.398. The van der Waals surface area contributed by atoms with Gasteiger partial charge in [0.25, 0.3) is 0 Å². The van der Waals surface area contributed by atoms with Crippen molar-refractivity contribution in [2.45, 2.75) is 0 Å². The molecule has 1 aromatic carbocycles. The van der Waals surface area contributed by atoms with Crippen LogP contribution in [0.1, 0.15) is 0 Å². The Bertz CT molecular complexity index is 339. The molecule has 0 saturated heterocycles. The SMILES string of the molecule is CN(N=O)C(=O)Nc1ccc(F)cc1. The van der Waals surface area contributed by atoms with Crippen LogP contribution in [0.25, 0.3) is 0 Å². The van der Waals surface area contributed by atoms with E-state index in [0.717, 1.165) is 0 Å². The minimum absolute atomic E-state index is 0.395. The van der Waals surface area contributed by atoms with Crippen LogP contribution in [-0.4, -0.2) is 18.1 Å². The molecule has 0 spiro atoms. The summed E-state index contributed by atoms with van der Waals surface area (Å²) >= 11 is 0. The van der Waals surface area contributed by atoms with E-state index in [9.17, 15) is 14.1 Å². The molecule has 0 heterocycles. The van der Waals surface area contributed by atoms with Crippen LogP contribution in [0.2, 0.25) is 0 Å². The van der Waals surface area contributed by atoms with Gasteiger partial charge in [-0.05, 0) is 24.3 Å². The minimum Gasteiger partial charge on any atom is -0.306 e. The van der Waals surface area contributed by atoms with Gasteiger partial charge in [0, 0.05) is 12.7 Å². The van der Waals surface area contributed by atoms with E-state index in [2.05, 4.69) is 10.6 Å². The number of rotatable bonds is 2. The third-order valence-corrected chi connectivity index (χ3v) is 1.51. The molecule has 0 aliphatic heterocycles. The normalized spacial score (nSPS) is 9.29. The van der Waals surface area contributed by atoms with Crippen LogP contribution in [0, 0.1) is 10.7 Å². The smallest absolute Gasteiger partial charge is 0.306 e. The number of amides is 2. The summed E-state index contributed by atoms with van der Waals surface area (Å²) in [4.78, 5) is 21.0. The summed E-state index contributed by atoms with van der Waals surface area (Å²) in [6.45, 7) is 0. The molecule has 0 bridgehead atoms. The molecule has 0 saturated carbocycles. The summed E-state index contributed by atoms with van der Waals surface area (Å²) in [5.41, 5.74) is 0.395. The second-order valence-corrected chi connectivity index (χ2v) is 2.54. The van der Waals surface area contributed by atoms with Crippen LogP contribution in [0.5, 0.6) is 0 Å². The lowest BCUT2D eigenvalue weighted by molar-refractivity contribution is 0.224. The fourth-order valence-corrected chi connectivity index (χ4v) is 0.775. The van der Waals surface area contributed by atoms with Crippen LogP contribution in [0.15, 0.2) is 29.6 Å². The van der Waals surface area contributed by atoms with Gasteiger partial charge < -0.3 is 5.32 Å². The molecule has 5 nitrogen and oxygen atoms in total. The standard InChI is InChI=1S/C8H8FN3O2/c1-12(11-14)8(13)10-7-4-2-6(9)3-5-7/h2-5H,1H3,(H,10,13). The van der Waals surface area contributed by atoms with Gasteiger partial charge in [-0.2, -0.15) is 5.01 Å². The molecule has 0 atom stereocenters. The van der Waals surface area contributed by atoms with Crippen molar-refractivity contribution in [3.63, 3.8) is 0 Å². The highest BCUT2D eigenvalue weighted by Crippen LogP contribution is 2.08. The van der Waals surface area contributed by atoms with E-state index in [0.29, 0.717) is 10.7 Å². The van der Waals surface area contributed by atoms with E-state index >= 15 is 0 Å². The fourth-order valence-electron chi connectivity index (χ4n) is 0.775. The van der Waals surface area contributed by atoms with E-state index in [1.165, 1.54) is 31.3 Å². The maximum absolute atomic E-state index is 12.5. The third kappa shape index (κ3) is 2.51. The quantitative estimate of drug-likeness (QED) is 0.582. The first-order chi connectivity index (χ1) is 6.63. The predicted octanol–water partition coefficient (Wildman–Crippen LogP) is 1.97. The Kier molecular flexibility index (Phi) is 3.11. The summed E-state index contributed by atoms with van der Waals surface area (Å²) in [7, 11) is 1.21. The maximum atomic E-state index is 12.5. The van der Waals surface area contributed by atoms with Crippen LogP contribution in [-0.2, 0) is 0 Å². The lowest BCUT2D eigenvalue weighted by Crippen LogP contribution is -2.26. The molecular formula is C8H8FN3O2. The van der Waals surface area contributed by atoms with Gasteiger partial charge in [0.2, 0.25) is 0 Å².